The molecule has 0 radical (unpaired) electrons. The SMILES string of the molecule is COC(=O)/C=C/c1cccc(N(Cc2ccc(-c3ccc4nc(C)[nH]c4c3)cc2)C(=O)C2CCCCC2)c1. The van der Waals surface area contributed by atoms with E-state index in [1.165, 1.54) is 19.6 Å². The number of rotatable bonds is 7. The Morgan fingerprint density at radius 3 is 2.53 bits per heavy atom. The summed E-state index contributed by atoms with van der Waals surface area (Å²) in [6.07, 6.45) is 8.38. The molecule has 0 aliphatic heterocycles. The van der Waals surface area contributed by atoms with Gasteiger partial charge in [0.1, 0.15) is 5.82 Å². The van der Waals surface area contributed by atoms with E-state index in [-0.39, 0.29) is 11.8 Å². The van der Waals surface area contributed by atoms with Crippen LogP contribution in [0.3, 0.4) is 0 Å². The summed E-state index contributed by atoms with van der Waals surface area (Å²) in [5.74, 6) is 0.706. The molecular weight excluding hydrogens is 474 g/mol. The lowest BCUT2D eigenvalue weighted by molar-refractivity contribution is -0.134. The number of benzene rings is 3. The van der Waals surface area contributed by atoms with Crippen molar-refractivity contribution in [2.45, 2.75) is 45.6 Å². The molecule has 0 spiro atoms. The minimum Gasteiger partial charge on any atom is -0.466 e. The minimum atomic E-state index is -0.410. The number of methoxy groups -OCH3 is 1. The number of aryl methyl sites for hydroxylation is 1. The normalized spacial score (nSPS) is 14.2. The lowest BCUT2D eigenvalue weighted by atomic mass is 9.88. The molecule has 1 amide bonds. The van der Waals surface area contributed by atoms with Gasteiger partial charge in [-0.05, 0) is 72.4 Å². The van der Waals surface area contributed by atoms with Crippen LogP contribution < -0.4 is 4.90 Å². The van der Waals surface area contributed by atoms with E-state index in [0.717, 1.165) is 70.5 Å². The van der Waals surface area contributed by atoms with Gasteiger partial charge in [0.25, 0.3) is 0 Å². The smallest absolute Gasteiger partial charge is 0.330 e. The predicted octanol–water partition coefficient (Wildman–Crippen LogP) is 6.84. The maximum absolute atomic E-state index is 13.8. The van der Waals surface area contributed by atoms with Gasteiger partial charge in [-0.15, -0.1) is 0 Å². The number of H-pyrrole nitrogens is 1. The van der Waals surface area contributed by atoms with Gasteiger partial charge in [-0.25, -0.2) is 9.78 Å². The molecule has 0 bridgehead atoms. The van der Waals surface area contributed by atoms with Crippen LogP contribution in [0.1, 0.15) is 49.1 Å². The number of aromatic amines is 1. The Bertz CT molecular complexity index is 1460. The number of anilines is 1. The number of hydrogen-bond donors (Lipinski definition) is 1. The molecule has 6 heteroatoms. The second-order valence-electron chi connectivity index (χ2n) is 9.96. The summed E-state index contributed by atoms with van der Waals surface area (Å²) in [6.45, 7) is 2.44. The Morgan fingerprint density at radius 2 is 1.76 bits per heavy atom. The third-order valence-corrected chi connectivity index (χ3v) is 7.24. The zero-order valence-electron chi connectivity index (χ0n) is 21.9. The average Bonchev–Trinajstić information content (AvgIpc) is 3.34. The fraction of sp³-hybridized carbons (Fsp3) is 0.281. The Morgan fingerprint density at radius 1 is 1.00 bits per heavy atom. The molecule has 5 rings (SSSR count). The fourth-order valence-corrected chi connectivity index (χ4v) is 5.20. The Labute approximate surface area is 223 Å². The zero-order valence-corrected chi connectivity index (χ0v) is 21.9. The van der Waals surface area contributed by atoms with Gasteiger partial charge in [0, 0.05) is 17.7 Å². The first kappa shape index (κ1) is 25.5. The standard InChI is InChI=1S/C32H33N3O3/c1-22-33-29-17-16-27(20-30(29)34-22)25-14-11-24(12-15-25)21-35(32(37)26-8-4-3-5-9-26)28-10-6-7-23(19-28)13-18-31(36)38-2/h6-7,10-20,26H,3-5,8-9,21H2,1-2H3,(H,33,34)/b18-13+. The van der Waals surface area contributed by atoms with Crippen LogP contribution in [0.25, 0.3) is 28.2 Å². The van der Waals surface area contributed by atoms with Crippen LogP contribution in [0.5, 0.6) is 0 Å². The van der Waals surface area contributed by atoms with Gasteiger partial charge in [0.2, 0.25) is 5.91 Å². The largest absolute Gasteiger partial charge is 0.466 e. The number of carbonyl (C=O) groups excluding carboxylic acids is 2. The lowest BCUT2D eigenvalue weighted by Gasteiger charge is -2.30. The first-order valence-corrected chi connectivity index (χ1v) is 13.2. The summed E-state index contributed by atoms with van der Waals surface area (Å²) in [7, 11) is 1.36. The highest BCUT2D eigenvalue weighted by Gasteiger charge is 2.27. The molecule has 1 heterocycles. The second kappa shape index (κ2) is 11.5. The predicted molar refractivity (Wildman–Crippen MR) is 152 cm³/mol. The number of hydrogen-bond acceptors (Lipinski definition) is 4. The van der Waals surface area contributed by atoms with Crippen molar-refractivity contribution in [1.82, 2.24) is 9.97 Å². The first-order valence-electron chi connectivity index (χ1n) is 13.2. The number of nitrogens with one attached hydrogen (secondary N) is 1. The molecule has 0 saturated heterocycles. The highest BCUT2D eigenvalue weighted by molar-refractivity contribution is 5.95. The van der Waals surface area contributed by atoms with Gasteiger partial charge in [0.15, 0.2) is 0 Å². The third kappa shape index (κ3) is 5.86. The van der Waals surface area contributed by atoms with Gasteiger partial charge in [-0.3, -0.25) is 4.79 Å². The molecule has 6 nitrogen and oxygen atoms in total. The molecular formula is C32H33N3O3. The molecule has 0 atom stereocenters. The Hall–Kier alpha value is -4.19. The molecule has 1 aromatic heterocycles. The molecule has 1 N–H and O–H groups in total. The van der Waals surface area contributed by atoms with Crippen molar-refractivity contribution in [1.29, 1.82) is 0 Å². The van der Waals surface area contributed by atoms with Gasteiger partial charge in [0.05, 0.1) is 24.7 Å². The summed E-state index contributed by atoms with van der Waals surface area (Å²) >= 11 is 0. The fourth-order valence-electron chi connectivity index (χ4n) is 5.20. The van der Waals surface area contributed by atoms with Crippen molar-refractivity contribution in [3.05, 3.63) is 89.8 Å². The van der Waals surface area contributed by atoms with Crippen molar-refractivity contribution in [3.63, 3.8) is 0 Å². The number of nitrogens with zero attached hydrogens (tertiary/aromatic N) is 2. The molecule has 0 unspecified atom stereocenters. The number of carbonyl (C=O) groups is 2. The van der Waals surface area contributed by atoms with E-state index in [1.807, 2.05) is 42.2 Å². The van der Waals surface area contributed by atoms with Crippen LogP contribution in [0.4, 0.5) is 5.69 Å². The number of fused-ring (bicyclic) bond motifs is 1. The second-order valence-corrected chi connectivity index (χ2v) is 9.96. The number of aromatic nitrogens is 2. The Balaban J connectivity index is 1.41. The van der Waals surface area contributed by atoms with Crippen molar-refractivity contribution in [3.8, 4) is 11.1 Å². The van der Waals surface area contributed by atoms with Crippen LogP contribution in [-0.4, -0.2) is 29.0 Å². The lowest BCUT2D eigenvalue weighted by Crippen LogP contribution is -2.36. The maximum atomic E-state index is 13.8. The summed E-state index contributed by atoms with van der Waals surface area (Å²) in [6, 6.07) is 22.4. The van der Waals surface area contributed by atoms with Crippen LogP contribution in [0.2, 0.25) is 0 Å². The summed E-state index contributed by atoms with van der Waals surface area (Å²) in [5.41, 5.74) is 6.95. The van der Waals surface area contributed by atoms with Crippen LogP contribution >= 0.6 is 0 Å². The molecule has 3 aromatic carbocycles. The summed E-state index contributed by atoms with van der Waals surface area (Å²) < 4.78 is 4.71. The number of esters is 1. The summed E-state index contributed by atoms with van der Waals surface area (Å²) in [4.78, 5) is 35.0. The van der Waals surface area contributed by atoms with Gasteiger partial charge in [-0.2, -0.15) is 0 Å². The zero-order chi connectivity index (χ0) is 26.5. The van der Waals surface area contributed by atoms with E-state index >= 15 is 0 Å². The number of amides is 1. The highest BCUT2D eigenvalue weighted by atomic mass is 16.5. The number of ether oxygens (including phenoxy) is 1. The topological polar surface area (TPSA) is 75.3 Å². The molecule has 1 fully saturated rings. The van der Waals surface area contributed by atoms with Gasteiger partial charge >= 0.3 is 5.97 Å². The molecule has 194 valence electrons. The molecule has 1 aliphatic rings. The van der Waals surface area contributed by atoms with Gasteiger partial charge in [-0.1, -0.05) is 61.7 Å². The Kier molecular flexibility index (Phi) is 7.68. The molecule has 1 saturated carbocycles. The van der Waals surface area contributed by atoms with Crippen LogP contribution in [-0.2, 0) is 20.9 Å². The van der Waals surface area contributed by atoms with E-state index < -0.39 is 5.97 Å². The van der Waals surface area contributed by atoms with Crippen LogP contribution in [0.15, 0.2) is 72.8 Å². The van der Waals surface area contributed by atoms with Gasteiger partial charge < -0.3 is 14.6 Å². The van der Waals surface area contributed by atoms with Crippen LogP contribution in [0, 0.1) is 12.8 Å². The van der Waals surface area contributed by atoms with Crippen molar-refractivity contribution >= 4 is 34.7 Å². The van der Waals surface area contributed by atoms with Crippen molar-refractivity contribution in [2.24, 2.45) is 5.92 Å². The maximum Gasteiger partial charge on any atom is 0.330 e. The van der Waals surface area contributed by atoms with E-state index in [0.29, 0.717) is 6.54 Å². The third-order valence-electron chi connectivity index (χ3n) is 7.24. The van der Waals surface area contributed by atoms with E-state index in [4.69, 9.17) is 4.74 Å². The molecule has 1 aliphatic carbocycles. The minimum absolute atomic E-state index is 0.0434. The quantitative estimate of drug-likeness (QED) is 0.220. The molecule has 4 aromatic rings. The summed E-state index contributed by atoms with van der Waals surface area (Å²) in [5, 5.41) is 0. The highest BCUT2D eigenvalue weighted by Crippen LogP contribution is 2.30. The van der Waals surface area contributed by atoms with E-state index in [2.05, 4.69) is 46.4 Å². The number of imidazole rings is 1. The van der Waals surface area contributed by atoms with E-state index in [9.17, 15) is 9.59 Å². The van der Waals surface area contributed by atoms with E-state index in [1.54, 1.807) is 6.08 Å². The monoisotopic (exact) mass is 507 g/mol. The first-order chi connectivity index (χ1) is 18.5. The molecule has 38 heavy (non-hydrogen) atoms. The average molecular weight is 508 g/mol. The van der Waals surface area contributed by atoms with Crippen molar-refractivity contribution in [2.75, 3.05) is 12.0 Å². The van der Waals surface area contributed by atoms with Crippen molar-refractivity contribution < 1.29 is 14.3 Å².